The minimum atomic E-state index is -0.263. The summed E-state index contributed by atoms with van der Waals surface area (Å²) >= 11 is 0. The molecular formula is C31H46N8O. The Hall–Kier alpha value is -3.90. The van der Waals surface area contributed by atoms with Gasteiger partial charge >= 0.3 is 0 Å². The maximum atomic E-state index is 13.3. The first kappa shape index (κ1) is 32.3. The quantitative estimate of drug-likeness (QED) is 0.304. The highest BCUT2D eigenvalue weighted by molar-refractivity contribution is 6.14. The molecule has 0 aliphatic carbocycles. The number of amides is 1. The van der Waals surface area contributed by atoms with Gasteiger partial charge < -0.3 is 19.9 Å². The standard InChI is InChI=1S/C25H28N8O.3C2H6/c1-4-27-18-7-9-32(10-8-18)22-6-5-20(23-21(22)15-31(3)30-23)25(34)29-19-11-17(12-26)24-28-16(2)13-33(24)14-19;3*1-2/h5-6,11,13-15,18,27H,4,7-10H2,1-3H3,(H,29,34);3*1-2H3. The third-order valence-electron chi connectivity index (χ3n) is 6.39. The molecule has 0 bridgehead atoms. The summed E-state index contributed by atoms with van der Waals surface area (Å²) in [4.78, 5) is 20.1. The summed E-state index contributed by atoms with van der Waals surface area (Å²) in [6.45, 7) is 18.9. The van der Waals surface area contributed by atoms with Crippen LogP contribution in [0.1, 0.15) is 82.9 Å². The number of pyridine rings is 1. The van der Waals surface area contributed by atoms with E-state index in [1.807, 2.05) is 80.0 Å². The molecule has 5 rings (SSSR count). The molecule has 1 fully saturated rings. The van der Waals surface area contributed by atoms with E-state index in [2.05, 4.69) is 38.6 Å². The van der Waals surface area contributed by atoms with Gasteiger partial charge in [0.2, 0.25) is 0 Å². The number of benzene rings is 1. The van der Waals surface area contributed by atoms with Gasteiger partial charge in [-0.2, -0.15) is 10.4 Å². The Bertz CT molecular complexity index is 1420. The number of imidazole rings is 1. The maximum absolute atomic E-state index is 13.3. The van der Waals surface area contributed by atoms with E-state index < -0.39 is 0 Å². The van der Waals surface area contributed by atoms with Crippen molar-refractivity contribution in [2.45, 2.75) is 74.3 Å². The zero-order valence-electron chi connectivity index (χ0n) is 25.7. The number of hydrogen-bond donors (Lipinski definition) is 2. The Morgan fingerprint density at radius 1 is 1.07 bits per heavy atom. The topological polar surface area (TPSA) is 103 Å². The Balaban J connectivity index is 0.000000876. The second-order valence-corrected chi connectivity index (χ2v) is 8.84. The number of nitriles is 1. The second kappa shape index (κ2) is 15.6. The first-order valence-corrected chi connectivity index (χ1v) is 14.6. The zero-order valence-corrected chi connectivity index (χ0v) is 25.7. The lowest BCUT2D eigenvalue weighted by Crippen LogP contribution is -2.42. The summed E-state index contributed by atoms with van der Waals surface area (Å²) in [5, 5.41) is 21.6. The number of piperidine rings is 1. The van der Waals surface area contributed by atoms with Crippen LogP contribution >= 0.6 is 0 Å². The fraction of sp³-hybridized carbons (Fsp3) is 0.484. The van der Waals surface area contributed by atoms with Gasteiger partial charge in [-0.05, 0) is 44.5 Å². The van der Waals surface area contributed by atoms with E-state index in [0.717, 1.165) is 49.2 Å². The van der Waals surface area contributed by atoms with Crippen molar-refractivity contribution in [1.82, 2.24) is 24.5 Å². The summed E-state index contributed by atoms with van der Waals surface area (Å²) in [7, 11) is 1.87. The molecule has 9 nitrogen and oxygen atoms in total. The van der Waals surface area contributed by atoms with E-state index in [4.69, 9.17) is 0 Å². The average Bonchev–Trinajstić information content (AvgIpc) is 3.57. The molecule has 2 N–H and O–H groups in total. The van der Waals surface area contributed by atoms with Crippen LogP contribution < -0.4 is 15.5 Å². The van der Waals surface area contributed by atoms with E-state index in [1.54, 1.807) is 21.3 Å². The summed E-state index contributed by atoms with van der Waals surface area (Å²) in [6, 6.07) is 8.25. The van der Waals surface area contributed by atoms with Crippen molar-refractivity contribution in [1.29, 1.82) is 5.26 Å². The molecule has 1 aromatic carbocycles. The monoisotopic (exact) mass is 546 g/mol. The number of aromatic nitrogens is 4. The van der Waals surface area contributed by atoms with Crippen LogP contribution in [0, 0.1) is 18.3 Å². The molecule has 0 spiro atoms. The minimum Gasteiger partial charge on any atom is -0.371 e. The lowest BCUT2D eigenvalue weighted by molar-refractivity contribution is 0.102. The van der Waals surface area contributed by atoms with Crippen molar-refractivity contribution in [3.8, 4) is 6.07 Å². The largest absolute Gasteiger partial charge is 0.371 e. The van der Waals surface area contributed by atoms with Crippen molar-refractivity contribution in [2.24, 2.45) is 7.05 Å². The highest BCUT2D eigenvalue weighted by atomic mass is 16.1. The normalized spacial score (nSPS) is 12.8. The number of carbonyl (C=O) groups is 1. The zero-order chi connectivity index (χ0) is 29.8. The van der Waals surface area contributed by atoms with Crippen molar-refractivity contribution in [2.75, 3.05) is 29.9 Å². The predicted octanol–water partition coefficient (Wildman–Crippen LogP) is 6.31. The fourth-order valence-corrected chi connectivity index (χ4v) is 4.85. The van der Waals surface area contributed by atoms with Crippen LogP contribution in [0.5, 0.6) is 0 Å². The molecule has 4 aromatic rings. The average molecular weight is 547 g/mol. The maximum Gasteiger partial charge on any atom is 0.257 e. The van der Waals surface area contributed by atoms with Crippen LogP contribution in [0.25, 0.3) is 16.6 Å². The smallest absolute Gasteiger partial charge is 0.257 e. The van der Waals surface area contributed by atoms with Crippen molar-refractivity contribution >= 4 is 33.8 Å². The molecule has 9 heteroatoms. The molecule has 1 saturated heterocycles. The Morgan fingerprint density at radius 2 is 1.75 bits per heavy atom. The van der Waals surface area contributed by atoms with Crippen LogP contribution in [-0.4, -0.2) is 50.7 Å². The van der Waals surface area contributed by atoms with E-state index in [1.165, 1.54) is 0 Å². The number of rotatable bonds is 5. The SMILES string of the molecule is CC.CC.CC.CCNC1CCN(c2ccc(C(=O)Nc3cc(C#N)c4nc(C)cn4c3)c3nn(C)cc23)CC1. The molecular weight excluding hydrogens is 500 g/mol. The van der Waals surface area contributed by atoms with Gasteiger partial charge in [0, 0.05) is 55.8 Å². The molecule has 40 heavy (non-hydrogen) atoms. The van der Waals surface area contributed by atoms with E-state index in [0.29, 0.717) is 34.0 Å². The van der Waals surface area contributed by atoms with E-state index in [9.17, 15) is 10.1 Å². The van der Waals surface area contributed by atoms with Gasteiger partial charge in [0.25, 0.3) is 5.91 Å². The Kier molecular flexibility index (Phi) is 12.6. The van der Waals surface area contributed by atoms with Gasteiger partial charge in [-0.1, -0.05) is 48.5 Å². The van der Waals surface area contributed by atoms with Gasteiger partial charge in [0.15, 0.2) is 5.65 Å². The molecule has 1 aliphatic heterocycles. The molecule has 3 aromatic heterocycles. The molecule has 1 aliphatic rings. The van der Waals surface area contributed by atoms with Crippen LogP contribution in [0.3, 0.4) is 0 Å². The highest BCUT2D eigenvalue weighted by Crippen LogP contribution is 2.31. The number of aryl methyl sites for hydroxylation is 2. The molecule has 0 saturated carbocycles. The Labute approximate surface area is 239 Å². The summed E-state index contributed by atoms with van der Waals surface area (Å²) in [5.41, 5.74) is 4.60. The van der Waals surface area contributed by atoms with Gasteiger partial charge in [-0.25, -0.2) is 4.98 Å². The number of nitrogens with zero attached hydrogens (tertiary/aromatic N) is 6. The van der Waals surface area contributed by atoms with Crippen molar-refractivity contribution < 1.29 is 4.79 Å². The van der Waals surface area contributed by atoms with Crippen LogP contribution in [0.2, 0.25) is 0 Å². The van der Waals surface area contributed by atoms with E-state index in [-0.39, 0.29) is 5.91 Å². The van der Waals surface area contributed by atoms with Crippen LogP contribution in [-0.2, 0) is 7.05 Å². The van der Waals surface area contributed by atoms with Gasteiger partial charge in [0.1, 0.15) is 11.6 Å². The first-order chi connectivity index (χ1) is 19.5. The molecule has 0 atom stereocenters. The number of carbonyl (C=O) groups excluding carboxylic acids is 1. The van der Waals surface area contributed by atoms with Gasteiger partial charge in [-0.3, -0.25) is 9.48 Å². The molecule has 0 unspecified atom stereocenters. The number of anilines is 2. The number of hydrogen-bond acceptors (Lipinski definition) is 6. The third kappa shape index (κ3) is 7.19. The summed E-state index contributed by atoms with van der Waals surface area (Å²) < 4.78 is 3.52. The van der Waals surface area contributed by atoms with Crippen molar-refractivity contribution in [3.63, 3.8) is 0 Å². The first-order valence-electron chi connectivity index (χ1n) is 14.6. The fourth-order valence-electron chi connectivity index (χ4n) is 4.85. The number of fused-ring (bicyclic) bond motifs is 2. The third-order valence-corrected chi connectivity index (χ3v) is 6.39. The highest BCUT2D eigenvalue weighted by Gasteiger charge is 2.23. The van der Waals surface area contributed by atoms with Gasteiger partial charge in [-0.15, -0.1) is 0 Å². The molecule has 0 radical (unpaired) electrons. The van der Waals surface area contributed by atoms with E-state index >= 15 is 0 Å². The molecule has 4 heterocycles. The van der Waals surface area contributed by atoms with Gasteiger partial charge in [0.05, 0.1) is 22.5 Å². The molecule has 216 valence electrons. The van der Waals surface area contributed by atoms with Crippen molar-refractivity contribution in [3.05, 3.63) is 53.6 Å². The lowest BCUT2D eigenvalue weighted by atomic mass is 10.0. The van der Waals surface area contributed by atoms with Crippen LogP contribution in [0.15, 0.2) is 36.8 Å². The Morgan fingerprint density at radius 3 is 2.38 bits per heavy atom. The predicted molar refractivity (Wildman–Crippen MR) is 166 cm³/mol. The number of nitrogens with one attached hydrogen (secondary N) is 2. The second-order valence-electron chi connectivity index (χ2n) is 8.84. The molecule has 1 amide bonds. The minimum absolute atomic E-state index is 0.263. The van der Waals surface area contributed by atoms with Crippen LogP contribution in [0.4, 0.5) is 11.4 Å². The summed E-state index contributed by atoms with van der Waals surface area (Å²) in [6.07, 6.45) is 7.76. The lowest BCUT2D eigenvalue weighted by Gasteiger charge is -2.34. The summed E-state index contributed by atoms with van der Waals surface area (Å²) in [5.74, 6) is -0.263.